The number of hydrogen-bond donors (Lipinski definition) is 4. The maximum atomic E-state index is 6.01. The van der Waals surface area contributed by atoms with Crippen LogP contribution in [0.15, 0.2) is 24.3 Å². The van der Waals surface area contributed by atoms with E-state index in [1.807, 2.05) is 24.3 Å². The zero-order valence-electron chi connectivity index (χ0n) is 15.6. The summed E-state index contributed by atoms with van der Waals surface area (Å²) in [4.78, 5) is 8.79. The second-order valence-electron chi connectivity index (χ2n) is 7.17. The van der Waals surface area contributed by atoms with Crippen molar-refractivity contribution in [2.45, 2.75) is 38.1 Å². The molecule has 0 bridgehead atoms. The van der Waals surface area contributed by atoms with Crippen molar-refractivity contribution in [2.24, 2.45) is 5.92 Å². The van der Waals surface area contributed by atoms with Gasteiger partial charge in [0.25, 0.3) is 0 Å². The van der Waals surface area contributed by atoms with Crippen LogP contribution in [0.25, 0.3) is 0 Å². The van der Waals surface area contributed by atoms with Gasteiger partial charge < -0.3 is 21.7 Å². The van der Waals surface area contributed by atoms with Gasteiger partial charge in [-0.05, 0) is 36.5 Å². The van der Waals surface area contributed by atoms with Crippen LogP contribution in [0.2, 0.25) is 5.02 Å². The van der Waals surface area contributed by atoms with Gasteiger partial charge in [-0.15, -0.1) is 24.8 Å². The van der Waals surface area contributed by atoms with E-state index in [0.717, 1.165) is 35.4 Å². The zero-order chi connectivity index (χ0) is 17.9. The first-order valence-electron chi connectivity index (χ1n) is 9.36. The van der Waals surface area contributed by atoms with Crippen LogP contribution in [0.4, 0.5) is 23.3 Å². The fraction of sp³-hybridized carbons (Fsp3) is 0.474. The molecule has 154 valence electrons. The summed E-state index contributed by atoms with van der Waals surface area (Å²) in [6.45, 7) is 1.66. The molecule has 28 heavy (non-hydrogen) atoms. The number of halogens is 3. The first kappa shape index (κ1) is 22.7. The molecule has 1 aliphatic heterocycles. The number of benzene rings is 1. The van der Waals surface area contributed by atoms with Gasteiger partial charge in [-0.25, -0.2) is 0 Å². The third-order valence-corrected chi connectivity index (χ3v) is 5.53. The van der Waals surface area contributed by atoms with E-state index in [1.165, 1.54) is 37.7 Å². The fourth-order valence-corrected chi connectivity index (χ4v) is 3.95. The summed E-state index contributed by atoms with van der Waals surface area (Å²) in [5.74, 6) is 2.53. The molecule has 2 aromatic rings. The molecule has 0 radical (unpaired) electrons. The van der Waals surface area contributed by atoms with Crippen molar-refractivity contribution in [3.8, 4) is 0 Å². The van der Waals surface area contributed by atoms with E-state index in [1.54, 1.807) is 0 Å². The Balaban J connectivity index is 0.00000140. The minimum Gasteiger partial charge on any atom is -0.370 e. The number of fused-ring (bicyclic) bond motifs is 1. The van der Waals surface area contributed by atoms with E-state index in [2.05, 4.69) is 25.9 Å². The number of rotatable bonds is 4. The van der Waals surface area contributed by atoms with Crippen molar-refractivity contribution < 1.29 is 0 Å². The topological polar surface area (TPSA) is 87.9 Å². The van der Waals surface area contributed by atoms with E-state index in [0.29, 0.717) is 5.92 Å². The molecule has 0 saturated heterocycles. The second kappa shape index (κ2) is 10.2. The van der Waals surface area contributed by atoms with Crippen molar-refractivity contribution in [3.05, 3.63) is 34.9 Å². The largest absolute Gasteiger partial charge is 0.370 e. The normalized spacial score (nSPS) is 18.5. The van der Waals surface area contributed by atoms with Crippen molar-refractivity contribution in [1.29, 1.82) is 0 Å². The highest BCUT2D eigenvalue weighted by Gasteiger charge is 2.24. The molecule has 4 rings (SSSR count). The van der Waals surface area contributed by atoms with E-state index in [-0.39, 0.29) is 36.8 Å². The molecule has 1 aromatic carbocycles. The highest BCUT2D eigenvalue weighted by molar-refractivity contribution is 6.30. The van der Waals surface area contributed by atoms with Gasteiger partial charge in [-0.3, -0.25) is 0 Å². The first-order valence-corrected chi connectivity index (χ1v) is 9.74. The Morgan fingerprint density at radius 3 is 2.50 bits per heavy atom. The number of anilines is 4. The second-order valence-corrected chi connectivity index (χ2v) is 7.60. The molecule has 2 heterocycles. The van der Waals surface area contributed by atoms with Gasteiger partial charge in [-0.2, -0.15) is 9.97 Å². The molecule has 9 heteroatoms. The molecule has 0 amide bonds. The van der Waals surface area contributed by atoms with Crippen LogP contribution in [0.5, 0.6) is 0 Å². The maximum Gasteiger partial charge on any atom is 0.224 e. The van der Waals surface area contributed by atoms with Crippen LogP contribution in [0.1, 0.15) is 43.7 Å². The molecule has 1 fully saturated rings. The SMILES string of the molecule is Cl.Cl.Nc1nc(NCC2CCCCC2)c2c(n1)NCC(c1ccc(Cl)cc1)N2. The molecule has 0 spiro atoms. The minimum atomic E-state index is 0. The number of nitrogen functional groups attached to an aromatic ring is 1. The molecular formula is C19H27Cl3N6. The summed E-state index contributed by atoms with van der Waals surface area (Å²) in [6, 6.07) is 8.04. The highest BCUT2D eigenvalue weighted by atomic mass is 35.5. The molecule has 5 N–H and O–H groups in total. The van der Waals surface area contributed by atoms with Gasteiger partial charge >= 0.3 is 0 Å². The number of nitrogens with zero attached hydrogens (tertiary/aromatic N) is 2. The van der Waals surface area contributed by atoms with Crippen LogP contribution >= 0.6 is 36.4 Å². The quantitative estimate of drug-likeness (QED) is 0.522. The summed E-state index contributed by atoms with van der Waals surface area (Å²) in [6.07, 6.45) is 6.59. The van der Waals surface area contributed by atoms with E-state index in [9.17, 15) is 0 Å². The van der Waals surface area contributed by atoms with Crippen LogP contribution < -0.4 is 21.7 Å². The average molecular weight is 446 g/mol. The van der Waals surface area contributed by atoms with Crippen molar-refractivity contribution in [2.75, 3.05) is 34.8 Å². The number of nitrogens with one attached hydrogen (secondary N) is 3. The zero-order valence-corrected chi connectivity index (χ0v) is 18.0. The number of aromatic nitrogens is 2. The van der Waals surface area contributed by atoms with Crippen LogP contribution in [-0.2, 0) is 0 Å². The van der Waals surface area contributed by atoms with Crippen molar-refractivity contribution in [3.63, 3.8) is 0 Å². The summed E-state index contributed by atoms with van der Waals surface area (Å²) >= 11 is 6.01. The standard InChI is InChI=1S/C19H25ClN6.2ClH/c20-14-8-6-13(7-9-14)15-11-23-18-16(24-15)17(25-19(21)26-18)22-10-12-4-2-1-3-5-12;;/h6-9,12,15,24H,1-5,10-11H2,(H4,21,22,23,25,26);2*1H. The smallest absolute Gasteiger partial charge is 0.224 e. The maximum absolute atomic E-state index is 6.01. The third-order valence-electron chi connectivity index (χ3n) is 5.27. The molecule has 1 aromatic heterocycles. The number of nitrogens with two attached hydrogens (primary N) is 1. The predicted molar refractivity (Wildman–Crippen MR) is 122 cm³/mol. The molecule has 1 unspecified atom stereocenters. The van der Waals surface area contributed by atoms with E-state index in [4.69, 9.17) is 17.3 Å². The highest BCUT2D eigenvalue weighted by Crippen LogP contribution is 2.36. The lowest BCUT2D eigenvalue weighted by molar-refractivity contribution is 0.373. The molecule has 1 saturated carbocycles. The van der Waals surface area contributed by atoms with E-state index >= 15 is 0 Å². The molecule has 2 aliphatic rings. The van der Waals surface area contributed by atoms with Gasteiger partial charge in [0.2, 0.25) is 5.95 Å². The monoisotopic (exact) mass is 444 g/mol. The van der Waals surface area contributed by atoms with Gasteiger partial charge in [0.05, 0.1) is 6.04 Å². The fourth-order valence-electron chi connectivity index (χ4n) is 3.82. The predicted octanol–water partition coefficient (Wildman–Crippen LogP) is 5.13. The Morgan fingerprint density at radius 2 is 1.79 bits per heavy atom. The Hall–Kier alpha value is -1.63. The van der Waals surface area contributed by atoms with Gasteiger partial charge in [0.15, 0.2) is 11.6 Å². The molecule has 1 aliphatic carbocycles. The lowest BCUT2D eigenvalue weighted by Crippen LogP contribution is -2.28. The average Bonchev–Trinajstić information content (AvgIpc) is 2.67. The Labute approximate surface area is 183 Å². The Kier molecular flexibility index (Phi) is 8.28. The Morgan fingerprint density at radius 1 is 1.07 bits per heavy atom. The number of hydrogen-bond acceptors (Lipinski definition) is 6. The van der Waals surface area contributed by atoms with Crippen molar-refractivity contribution >= 4 is 59.7 Å². The lowest BCUT2D eigenvalue weighted by Gasteiger charge is -2.30. The summed E-state index contributed by atoms with van der Waals surface area (Å²) < 4.78 is 0. The van der Waals surface area contributed by atoms with Gasteiger partial charge in [0, 0.05) is 18.1 Å². The van der Waals surface area contributed by atoms with Crippen molar-refractivity contribution in [1.82, 2.24) is 9.97 Å². The summed E-state index contributed by atoms with van der Waals surface area (Å²) in [5, 5.41) is 11.2. The Bertz CT molecular complexity index is 765. The summed E-state index contributed by atoms with van der Waals surface area (Å²) in [7, 11) is 0. The van der Waals surface area contributed by atoms with Gasteiger partial charge in [-0.1, -0.05) is 43.0 Å². The third kappa shape index (κ3) is 5.25. The van der Waals surface area contributed by atoms with Gasteiger partial charge in [0.1, 0.15) is 5.69 Å². The molecule has 1 atom stereocenters. The minimum absolute atomic E-state index is 0. The molecular weight excluding hydrogens is 419 g/mol. The summed E-state index contributed by atoms with van der Waals surface area (Å²) in [5.41, 5.74) is 7.97. The first-order chi connectivity index (χ1) is 12.7. The molecule has 6 nitrogen and oxygen atoms in total. The van der Waals surface area contributed by atoms with Crippen LogP contribution in [0.3, 0.4) is 0 Å². The lowest BCUT2D eigenvalue weighted by atomic mass is 9.89. The van der Waals surface area contributed by atoms with Crippen LogP contribution in [0, 0.1) is 5.92 Å². The van der Waals surface area contributed by atoms with E-state index < -0.39 is 0 Å². The van der Waals surface area contributed by atoms with Crippen LogP contribution in [-0.4, -0.2) is 23.1 Å².